The van der Waals surface area contributed by atoms with Crippen molar-refractivity contribution >= 4 is 23.1 Å². The zero-order valence-corrected chi connectivity index (χ0v) is 12.2. The molecule has 18 heavy (non-hydrogen) atoms. The Labute approximate surface area is 116 Å². The lowest BCUT2D eigenvalue weighted by molar-refractivity contribution is 0.301. The van der Waals surface area contributed by atoms with E-state index in [1.165, 1.54) is 17.1 Å². The number of benzene rings is 1. The van der Waals surface area contributed by atoms with Gasteiger partial charge < -0.3 is 4.74 Å². The monoisotopic (exact) mass is 282 g/mol. The number of halogens is 1. The van der Waals surface area contributed by atoms with Gasteiger partial charge in [-0.15, -0.1) is 5.10 Å². The Hall–Kier alpha value is -1.13. The summed E-state index contributed by atoms with van der Waals surface area (Å²) in [6.45, 7) is 6.90. The van der Waals surface area contributed by atoms with Gasteiger partial charge in [0, 0.05) is 11.5 Å². The summed E-state index contributed by atoms with van der Waals surface area (Å²) in [6.07, 6.45) is 0. The first-order valence-electron chi connectivity index (χ1n) is 5.67. The van der Waals surface area contributed by atoms with Crippen molar-refractivity contribution in [2.24, 2.45) is 0 Å². The number of hydrogen-bond acceptors (Lipinski definition) is 4. The lowest BCUT2D eigenvalue weighted by Crippen LogP contribution is -2.10. The van der Waals surface area contributed by atoms with Crippen molar-refractivity contribution in [1.82, 2.24) is 9.59 Å². The van der Waals surface area contributed by atoms with Crippen LogP contribution in [0.25, 0.3) is 0 Å². The van der Waals surface area contributed by atoms with Gasteiger partial charge in [-0.2, -0.15) is 0 Å². The molecule has 5 heteroatoms. The normalized spacial score (nSPS) is 11.6. The third-order valence-corrected chi connectivity index (χ3v) is 3.59. The molecule has 0 unspecified atom stereocenters. The van der Waals surface area contributed by atoms with Gasteiger partial charge in [-0.05, 0) is 23.1 Å². The lowest BCUT2D eigenvalue weighted by atomic mass is 9.87. The molecule has 1 heterocycles. The van der Waals surface area contributed by atoms with Gasteiger partial charge in [-0.3, -0.25) is 0 Å². The van der Waals surface area contributed by atoms with E-state index in [2.05, 4.69) is 42.5 Å². The third kappa shape index (κ3) is 3.21. The van der Waals surface area contributed by atoms with E-state index >= 15 is 0 Å². The van der Waals surface area contributed by atoms with Crippen molar-refractivity contribution in [3.63, 3.8) is 0 Å². The van der Waals surface area contributed by atoms with Crippen LogP contribution in [-0.2, 0) is 12.0 Å². The minimum Gasteiger partial charge on any atom is -0.487 e. The van der Waals surface area contributed by atoms with Gasteiger partial charge in [0.15, 0.2) is 0 Å². The molecule has 0 spiro atoms. The van der Waals surface area contributed by atoms with Crippen molar-refractivity contribution in [1.29, 1.82) is 0 Å². The molecule has 0 atom stereocenters. The molecule has 0 saturated heterocycles. The number of ether oxygens (including phenoxy) is 1. The van der Waals surface area contributed by atoms with Crippen LogP contribution in [0.15, 0.2) is 24.3 Å². The number of aromatic nitrogens is 2. The molecule has 0 radical (unpaired) electrons. The molecule has 96 valence electrons. The topological polar surface area (TPSA) is 35.0 Å². The average molecular weight is 283 g/mol. The van der Waals surface area contributed by atoms with Crippen molar-refractivity contribution < 1.29 is 4.74 Å². The molecule has 3 nitrogen and oxygen atoms in total. The SMILES string of the molecule is CC(C)(C)c1ccc(OCc2nnsc2Cl)cc1. The van der Waals surface area contributed by atoms with Crippen LogP contribution in [0.3, 0.4) is 0 Å². The first-order valence-corrected chi connectivity index (χ1v) is 6.82. The summed E-state index contributed by atoms with van der Waals surface area (Å²) < 4.78 is 9.96. The molecule has 1 aromatic carbocycles. The minimum absolute atomic E-state index is 0.153. The Morgan fingerprint density at radius 3 is 2.39 bits per heavy atom. The lowest BCUT2D eigenvalue weighted by Gasteiger charge is -2.19. The van der Waals surface area contributed by atoms with Crippen LogP contribution in [-0.4, -0.2) is 9.59 Å². The van der Waals surface area contributed by atoms with Gasteiger partial charge in [0.05, 0.1) is 0 Å². The molecule has 0 aliphatic heterocycles. The standard InChI is InChI=1S/C13H15ClN2OS/c1-13(2,3)9-4-6-10(7-5-9)17-8-11-12(14)18-16-15-11/h4-7H,8H2,1-3H3. The van der Waals surface area contributed by atoms with E-state index in [-0.39, 0.29) is 5.41 Å². The van der Waals surface area contributed by atoms with E-state index in [1.807, 2.05) is 12.1 Å². The molecule has 0 N–H and O–H groups in total. The summed E-state index contributed by atoms with van der Waals surface area (Å²) in [6, 6.07) is 8.09. The number of nitrogens with zero attached hydrogens (tertiary/aromatic N) is 2. The van der Waals surface area contributed by atoms with E-state index in [9.17, 15) is 0 Å². The molecule has 2 aromatic rings. The second kappa shape index (κ2) is 5.24. The third-order valence-electron chi connectivity index (χ3n) is 2.61. The van der Waals surface area contributed by atoms with Crippen LogP contribution >= 0.6 is 23.1 Å². The van der Waals surface area contributed by atoms with Crippen LogP contribution < -0.4 is 4.74 Å². The van der Waals surface area contributed by atoms with Crippen LogP contribution in [0.4, 0.5) is 0 Å². The minimum atomic E-state index is 0.153. The molecule has 2 rings (SSSR count). The van der Waals surface area contributed by atoms with Gasteiger partial charge >= 0.3 is 0 Å². The Bertz CT molecular complexity index is 517. The fourth-order valence-electron chi connectivity index (χ4n) is 1.49. The molecule has 1 aromatic heterocycles. The summed E-state index contributed by atoms with van der Waals surface area (Å²) in [5.41, 5.74) is 2.12. The summed E-state index contributed by atoms with van der Waals surface area (Å²) in [4.78, 5) is 0. The fourth-order valence-corrected chi connectivity index (χ4v) is 2.09. The fraction of sp³-hybridized carbons (Fsp3) is 0.385. The zero-order valence-electron chi connectivity index (χ0n) is 10.6. The quantitative estimate of drug-likeness (QED) is 0.851. The Morgan fingerprint density at radius 1 is 1.22 bits per heavy atom. The summed E-state index contributed by atoms with van der Waals surface area (Å²) >= 11 is 7.07. The Kier molecular flexibility index (Phi) is 3.88. The highest BCUT2D eigenvalue weighted by molar-refractivity contribution is 7.10. The van der Waals surface area contributed by atoms with Gasteiger partial charge in [-0.1, -0.05) is 49.0 Å². The molecular formula is C13H15ClN2OS. The summed E-state index contributed by atoms with van der Waals surface area (Å²) in [5.74, 6) is 0.812. The number of hydrogen-bond donors (Lipinski definition) is 0. The highest BCUT2D eigenvalue weighted by Crippen LogP contribution is 2.25. The van der Waals surface area contributed by atoms with Gasteiger partial charge in [0.2, 0.25) is 0 Å². The summed E-state index contributed by atoms with van der Waals surface area (Å²) in [5, 5.41) is 3.90. The maximum absolute atomic E-state index is 5.90. The maximum Gasteiger partial charge on any atom is 0.141 e. The van der Waals surface area contributed by atoms with E-state index in [0.29, 0.717) is 16.6 Å². The number of rotatable bonds is 3. The van der Waals surface area contributed by atoms with E-state index < -0.39 is 0 Å². The van der Waals surface area contributed by atoms with Gasteiger partial charge in [0.1, 0.15) is 22.4 Å². The average Bonchev–Trinajstić information content (AvgIpc) is 2.72. The molecule has 0 saturated carbocycles. The van der Waals surface area contributed by atoms with E-state index in [0.717, 1.165) is 5.75 Å². The second-order valence-electron chi connectivity index (χ2n) is 5.06. The molecule has 0 aliphatic rings. The predicted octanol–water partition coefficient (Wildman–Crippen LogP) is 4.07. The molecule has 0 bridgehead atoms. The molecular weight excluding hydrogens is 268 g/mol. The van der Waals surface area contributed by atoms with Crippen molar-refractivity contribution in [3.05, 3.63) is 39.9 Å². The summed E-state index contributed by atoms with van der Waals surface area (Å²) in [7, 11) is 0. The van der Waals surface area contributed by atoms with Crippen molar-refractivity contribution in [2.45, 2.75) is 32.8 Å². The Morgan fingerprint density at radius 2 is 1.89 bits per heavy atom. The van der Waals surface area contributed by atoms with Crippen molar-refractivity contribution in [2.75, 3.05) is 0 Å². The predicted molar refractivity (Wildman–Crippen MR) is 74.4 cm³/mol. The van der Waals surface area contributed by atoms with E-state index in [1.54, 1.807) is 0 Å². The molecule has 0 aliphatic carbocycles. The zero-order chi connectivity index (χ0) is 13.2. The Balaban J connectivity index is 2.01. The highest BCUT2D eigenvalue weighted by Gasteiger charge is 2.13. The molecule has 0 amide bonds. The smallest absolute Gasteiger partial charge is 0.141 e. The van der Waals surface area contributed by atoms with E-state index in [4.69, 9.17) is 16.3 Å². The van der Waals surface area contributed by atoms with Crippen LogP contribution in [0.2, 0.25) is 4.34 Å². The van der Waals surface area contributed by atoms with Crippen LogP contribution in [0, 0.1) is 0 Å². The van der Waals surface area contributed by atoms with Crippen LogP contribution in [0.1, 0.15) is 32.0 Å². The van der Waals surface area contributed by atoms with Crippen LogP contribution in [0.5, 0.6) is 5.75 Å². The van der Waals surface area contributed by atoms with Gasteiger partial charge in [0.25, 0.3) is 0 Å². The van der Waals surface area contributed by atoms with Gasteiger partial charge in [-0.25, -0.2) is 0 Å². The first kappa shape index (κ1) is 13.3. The molecule has 0 fully saturated rings. The first-order chi connectivity index (χ1) is 8.47. The highest BCUT2D eigenvalue weighted by atomic mass is 35.5. The second-order valence-corrected chi connectivity index (χ2v) is 6.41. The maximum atomic E-state index is 5.90. The van der Waals surface area contributed by atoms with Crippen molar-refractivity contribution in [3.8, 4) is 5.75 Å². The largest absolute Gasteiger partial charge is 0.487 e.